The Balaban J connectivity index is 2.80. The van der Waals surface area contributed by atoms with Gasteiger partial charge in [-0.3, -0.25) is 9.59 Å². The van der Waals surface area contributed by atoms with Crippen molar-refractivity contribution in [2.24, 2.45) is 5.73 Å². The molecule has 0 bridgehead atoms. The summed E-state index contributed by atoms with van der Waals surface area (Å²) in [5.41, 5.74) is 5.80. The predicted octanol–water partition coefficient (Wildman–Crippen LogP) is -0.221. The maximum Gasteiger partial charge on any atom is 0.273 e. The smallest absolute Gasteiger partial charge is 0.273 e. The first-order valence-electron chi connectivity index (χ1n) is 6.12. The Kier molecular flexibility index (Phi) is 6.56. The highest BCUT2D eigenvalue weighted by Crippen LogP contribution is 2.11. The van der Waals surface area contributed by atoms with E-state index >= 15 is 0 Å². The van der Waals surface area contributed by atoms with Crippen molar-refractivity contribution in [3.05, 3.63) is 16.1 Å². The molecule has 8 heteroatoms. The zero-order valence-electron chi connectivity index (χ0n) is 12.0. The lowest BCUT2D eigenvalue weighted by Crippen LogP contribution is -2.42. The number of nitrogens with two attached hydrogens (primary N) is 1. The standard InChI is InChI=1S/C12H20N4O3S/c1-15(2)11(17)7-16(4-5-19-3)12(18)9-8-20-10(6-13)14-9/h8H,4-7,13H2,1-3H3. The van der Waals surface area contributed by atoms with Crippen molar-refractivity contribution >= 4 is 23.2 Å². The second-order valence-electron chi connectivity index (χ2n) is 4.34. The van der Waals surface area contributed by atoms with Crippen molar-refractivity contribution < 1.29 is 14.3 Å². The molecular formula is C12H20N4O3S. The molecule has 1 heterocycles. The third-order valence-electron chi connectivity index (χ3n) is 2.62. The van der Waals surface area contributed by atoms with Gasteiger partial charge in [-0.2, -0.15) is 0 Å². The van der Waals surface area contributed by atoms with E-state index in [1.807, 2.05) is 0 Å². The number of nitrogens with zero attached hydrogens (tertiary/aromatic N) is 3. The van der Waals surface area contributed by atoms with Crippen LogP contribution in [0.3, 0.4) is 0 Å². The SMILES string of the molecule is COCCN(CC(=O)N(C)C)C(=O)c1csc(CN)n1. The van der Waals surface area contributed by atoms with E-state index in [9.17, 15) is 9.59 Å². The third kappa shape index (κ3) is 4.55. The van der Waals surface area contributed by atoms with E-state index in [1.165, 1.54) is 21.1 Å². The molecule has 0 saturated carbocycles. The largest absolute Gasteiger partial charge is 0.383 e. The zero-order chi connectivity index (χ0) is 15.1. The van der Waals surface area contributed by atoms with Gasteiger partial charge in [0.25, 0.3) is 5.91 Å². The number of likely N-dealkylation sites (N-methyl/N-ethyl adjacent to an activating group) is 1. The first-order chi connectivity index (χ1) is 9.49. The summed E-state index contributed by atoms with van der Waals surface area (Å²) in [7, 11) is 4.85. The van der Waals surface area contributed by atoms with Crippen molar-refractivity contribution in [1.29, 1.82) is 0 Å². The van der Waals surface area contributed by atoms with Crippen LogP contribution in [-0.4, -0.2) is 67.5 Å². The Morgan fingerprint density at radius 2 is 2.15 bits per heavy atom. The van der Waals surface area contributed by atoms with Crippen LogP contribution in [0.2, 0.25) is 0 Å². The molecule has 0 radical (unpaired) electrons. The van der Waals surface area contributed by atoms with Gasteiger partial charge in [0.15, 0.2) is 0 Å². The van der Waals surface area contributed by atoms with Crippen molar-refractivity contribution in [3.63, 3.8) is 0 Å². The van der Waals surface area contributed by atoms with Gasteiger partial charge >= 0.3 is 0 Å². The van der Waals surface area contributed by atoms with Crippen molar-refractivity contribution in [1.82, 2.24) is 14.8 Å². The van der Waals surface area contributed by atoms with Gasteiger partial charge in [-0.1, -0.05) is 0 Å². The number of hydrogen-bond donors (Lipinski definition) is 1. The highest BCUT2D eigenvalue weighted by molar-refractivity contribution is 7.09. The van der Waals surface area contributed by atoms with Crippen LogP contribution in [0.25, 0.3) is 0 Å². The molecule has 1 aromatic rings. The lowest BCUT2D eigenvalue weighted by molar-refractivity contribution is -0.129. The number of rotatable bonds is 7. The minimum absolute atomic E-state index is 0.00464. The molecule has 2 N–H and O–H groups in total. The molecular weight excluding hydrogens is 280 g/mol. The lowest BCUT2D eigenvalue weighted by atomic mass is 10.3. The molecule has 1 rings (SSSR count). The molecule has 1 aromatic heterocycles. The number of thiazole rings is 1. The van der Waals surface area contributed by atoms with Crippen LogP contribution in [0, 0.1) is 0 Å². The van der Waals surface area contributed by atoms with Gasteiger partial charge in [-0.05, 0) is 0 Å². The number of carbonyl (C=O) groups excluding carboxylic acids is 2. The fraction of sp³-hybridized carbons (Fsp3) is 0.583. The first-order valence-corrected chi connectivity index (χ1v) is 7.00. The molecule has 112 valence electrons. The van der Waals surface area contributed by atoms with E-state index in [0.29, 0.717) is 30.4 Å². The topological polar surface area (TPSA) is 88.8 Å². The molecule has 2 amide bonds. The van der Waals surface area contributed by atoms with Crippen LogP contribution in [0.15, 0.2) is 5.38 Å². The van der Waals surface area contributed by atoms with Gasteiger partial charge in [0.2, 0.25) is 5.91 Å². The molecule has 0 aliphatic rings. The monoisotopic (exact) mass is 300 g/mol. The Labute approximate surface area is 122 Å². The maximum absolute atomic E-state index is 12.3. The lowest BCUT2D eigenvalue weighted by Gasteiger charge is -2.22. The predicted molar refractivity (Wildman–Crippen MR) is 76.5 cm³/mol. The second-order valence-corrected chi connectivity index (χ2v) is 5.28. The number of methoxy groups -OCH3 is 1. The number of carbonyl (C=O) groups is 2. The number of hydrogen-bond acceptors (Lipinski definition) is 6. The highest BCUT2D eigenvalue weighted by Gasteiger charge is 2.21. The van der Waals surface area contributed by atoms with Gasteiger partial charge in [0.05, 0.1) is 6.61 Å². The Hall–Kier alpha value is -1.51. The fourth-order valence-corrected chi connectivity index (χ4v) is 2.07. The van der Waals surface area contributed by atoms with Gasteiger partial charge < -0.3 is 20.3 Å². The molecule has 0 fully saturated rings. The van der Waals surface area contributed by atoms with E-state index in [0.717, 1.165) is 0 Å². The molecule has 0 aliphatic heterocycles. The van der Waals surface area contributed by atoms with Gasteiger partial charge in [0, 0.05) is 39.7 Å². The van der Waals surface area contributed by atoms with Crippen LogP contribution in [0.4, 0.5) is 0 Å². The molecule has 0 aliphatic carbocycles. The summed E-state index contributed by atoms with van der Waals surface area (Å²) in [6.07, 6.45) is 0. The minimum Gasteiger partial charge on any atom is -0.383 e. The van der Waals surface area contributed by atoms with Gasteiger partial charge in [-0.25, -0.2) is 4.98 Å². The van der Waals surface area contributed by atoms with Crippen LogP contribution < -0.4 is 5.73 Å². The molecule has 0 saturated heterocycles. The molecule has 0 aromatic carbocycles. The average Bonchev–Trinajstić information content (AvgIpc) is 2.91. The first kappa shape index (κ1) is 16.5. The van der Waals surface area contributed by atoms with E-state index in [4.69, 9.17) is 10.5 Å². The quantitative estimate of drug-likeness (QED) is 0.752. The fourth-order valence-electron chi connectivity index (χ4n) is 1.42. The molecule has 20 heavy (non-hydrogen) atoms. The second kappa shape index (κ2) is 7.93. The summed E-state index contributed by atoms with van der Waals surface area (Å²) in [4.78, 5) is 31.1. The molecule has 0 atom stereocenters. The van der Waals surface area contributed by atoms with Crippen LogP contribution in [0.5, 0.6) is 0 Å². The normalized spacial score (nSPS) is 10.4. The average molecular weight is 300 g/mol. The van der Waals surface area contributed by atoms with Crippen molar-refractivity contribution in [2.45, 2.75) is 6.54 Å². The Morgan fingerprint density at radius 1 is 1.45 bits per heavy atom. The summed E-state index contributed by atoms with van der Waals surface area (Å²) in [6, 6.07) is 0. The van der Waals surface area contributed by atoms with E-state index in [-0.39, 0.29) is 18.4 Å². The van der Waals surface area contributed by atoms with Crippen LogP contribution in [-0.2, 0) is 16.1 Å². The molecule has 0 unspecified atom stereocenters. The summed E-state index contributed by atoms with van der Waals surface area (Å²) in [6.45, 7) is 1.00. The Bertz CT molecular complexity index is 461. The zero-order valence-corrected chi connectivity index (χ0v) is 12.8. The highest BCUT2D eigenvalue weighted by atomic mass is 32.1. The minimum atomic E-state index is -0.284. The summed E-state index contributed by atoms with van der Waals surface area (Å²) >= 11 is 1.33. The molecule has 7 nitrogen and oxygen atoms in total. The van der Waals surface area contributed by atoms with Crippen LogP contribution in [0.1, 0.15) is 15.5 Å². The van der Waals surface area contributed by atoms with E-state index in [1.54, 1.807) is 26.6 Å². The maximum atomic E-state index is 12.3. The van der Waals surface area contributed by atoms with Gasteiger partial charge in [-0.15, -0.1) is 11.3 Å². The number of ether oxygens (including phenoxy) is 1. The Morgan fingerprint density at radius 3 is 2.65 bits per heavy atom. The van der Waals surface area contributed by atoms with Crippen molar-refractivity contribution in [2.75, 3.05) is 40.9 Å². The van der Waals surface area contributed by atoms with E-state index < -0.39 is 0 Å². The van der Waals surface area contributed by atoms with Crippen molar-refractivity contribution in [3.8, 4) is 0 Å². The van der Waals surface area contributed by atoms with Crippen LogP contribution >= 0.6 is 11.3 Å². The summed E-state index contributed by atoms with van der Waals surface area (Å²) in [5.74, 6) is -0.433. The summed E-state index contributed by atoms with van der Waals surface area (Å²) in [5, 5.41) is 2.35. The number of aromatic nitrogens is 1. The summed E-state index contributed by atoms with van der Waals surface area (Å²) < 4.78 is 4.97. The third-order valence-corrected chi connectivity index (χ3v) is 3.49. The van der Waals surface area contributed by atoms with E-state index in [2.05, 4.69) is 4.98 Å². The molecule has 0 spiro atoms. The number of amides is 2. The van der Waals surface area contributed by atoms with Gasteiger partial charge in [0.1, 0.15) is 17.2 Å².